The SMILES string of the molecule is CCc1c(Cl)ncnc1NC(C)C(=O)OC. The lowest BCUT2D eigenvalue weighted by molar-refractivity contribution is -0.141. The molecule has 16 heavy (non-hydrogen) atoms. The molecule has 5 nitrogen and oxygen atoms in total. The van der Waals surface area contributed by atoms with Gasteiger partial charge in [-0.15, -0.1) is 0 Å². The Morgan fingerprint density at radius 2 is 2.31 bits per heavy atom. The van der Waals surface area contributed by atoms with E-state index in [1.54, 1.807) is 6.92 Å². The molecule has 0 fully saturated rings. The summed E-state index contributed by atoms with van der Waals surface area (Å²) < 4.78 is 4.61. The maximum absolute atomic E-state index is 11.2. The Morgan fingerprint density at radius 3 is 2.88 bits per heavy atom. The molecule has 0 spiro atoms. The van der Waals surface area contributed by atoms with Crippen LogP contribution >= 0.6 is 11.6 Å². The van der Waals surface area contributed by atoms with E-state index in [0.29, 0.717) is 17.4 Å². The number of nitrogens with one attached hydrogen (secondary N) is 1. The summed E-state index contributed by atoms with van der Waals surface area (Å²) in [6.45, 7) is 3.64. The number of methoxy groups -OCH3 is 1. The Morgan fingerprint density at radius 1 is 1.62 bits per heavy atom. The number of aromatic nitrogens is 2. The fraction of sp³-hybridized carbons (Fsp3) is 0.500. The highest BCUT2D eigenvalue weighted by Crippen LogP contribution is 2.20. The summed E-state index contributed by atoms with van der Waals surface area (Å²) >= 11 is 5.92. The molecular formula is C10H14ClN3O2. The lowest BCUT2D eigenvalue weighted by Crippen LogP contribution is -2.28. The summed E-state index contributed by atoms with van der Waals surface area (Å²) in [6.07, 6.45) is 2.05. The van der Waals surface area contributed by atoms with E-state index < -0.39 is 6.04 Å². The van der Waals surface area contributed by atoms with Crippen LogP contribution in [-0.2, 0) is 16.0 Å². The Labute approximate surface area is 99.2 Å². The maximum Gasteiger partial charge on any atom is 0.328 e. The quantitative estimate of drug-likeness (QED) is 0.644. The molecule has 0 amide bonds. The van der Waals surface area contributed by atoms with E-state index in [2.05, 4.69) is 20.0 Å². The van der Waals surface area contributed by atoms with Gasteiger partial charge >= 0.3 is 5.97 Å². The lowest BCUT2D eigenvalue weighted by Gasteiger charge is -2.14. The van der Waals surface area contributed by atoms with E-state index >= 15 is 0 Å². The predicted molar refractivity (Wildman–Crippen MR) is 61.5 cm³/mol. The van der Waals surface area contributed by atoms with Gasteiger partial charge in [0.2, 0.25) is 0 Å². The van der Waals surface area contributed by atoms with Crippen molar-refractivity contribution in [2.45, 2.75) is 26.3 Å². The number of rotatable bonds is 4. The lowest BCUT2D eigenvalue weighted by atomic mass is 10.2. The van der Waals surface area contributed by atoms with Crippen LogP contribution in [0.3, 0.4) is 0 Å². The second kappa shape index (κ2) is 5.65. The van der Waals surface area contributed by atoms with Crippen molar-refractivity contribution in [1.29, 1.82) is 0 Å². The van der Waals surface area contributed by atoms with Crippen molar-refractivity contribution in [3.63, 3.8) is 0 Å². The molecule has 1 atom stereocenters. The maximum atomic E-state index is 11.2. The summed E-state index contributed by atoms with van der Waals surface area (Å²) in [6, 6.07) is -0.471. The van der Waals surface area contributed by atoms with Gasteiger partial charge < -0.3 is 10.1 Å². The highest BCUT2D eigenvalue weighted by molar-refractivity contribution is 6.30. The normalized spacial score (nSPS) is 12.0. The first-order valence-electron chi connectivity index (χ1n) is 4.93. The van der Waals surface area contributed by atoms with Crippen LogP contribution in [0.4, 0.5) is 5.82 Å². The molecule has 0 aliphatic heterocycles. The highest BCUT2D eigenvalue weighted by atomic mass is 35.5. The van der Waals surface area contributed by atoms with Crippen molar-refractivity contribution in [1.82, 2.24) is 9.97 Å². The van der Waals surface area contributed by atoms with E-state index in [9.17, 15) is 4.79 Å². The molecule has 0 bridgehead atoms. The number of ether oxygens (including phenoxy) is 1. The van der Waals surface area contributed by atoms with Crippen LogP contribution in [0.15, 0.2) is 6.33 Å². The van der Waals surface area contributed by atoms with Gasteiger partial charge in [-0.2, -0.15) is 0 Å². The van der Waals surface area contributed by atoms with Crippen LogP contribution in [0, 0.1) is 0 Å². The number of halogens is 1. The van der Waals surface area contributed by atoms with Crippen molar-refractivity contribution < 1.29 is 9.53 Å². The fourth-order valence-corrected chi connectivity index (χ4v) is 1.54. The van der Waals surface area contributed by atoms with Crippen LogP contribution in [0.1, 0.15) is 19.4 Å². The van der Waals surface area contributed by atoms with Gasteiger partial charge in [0.05, 0.1) is 7.11 Å². The molecule has 0 aliphatic carbocycles. The number of hydrogen-bond donors (Lipinski definition) is 1. The Kier molecular flexibility index (Phi) is 4.49. The molecule has 0 aliphatic rings. The summed E-state index contributed by atoms with van der Waals surface area (Å²) in [5.41, 5.74) is 0.792. The van der Waals surface area contributed by atoms with Gasteiger partial charge in [0.15, 0.2) is 0 Å². The van der Waals surface area contributed by atoms with Crippen molar-refractivity contribution in [2.24, 2.45) is 0 Å². The van der Waals surface area contributed by atoms with Crippen LogP contribution in [-0.4, -0.2) is 29.1 Å². The molecule has 1 aromatic rings. The summed E-state index contributed by atoms with van der Waals surface area (Å²) in [7, 11) is 1.34. The molecule has 6 heteroatoms. The second-order valence-electron chi connectivity index (χ2n) is 3.23. The van der Waals surface area contributed by atoms with Crippen molar-refractivity contribution in [2.75, 3.05) is 12.4 Å². The van der Waals surface area contributed by atoms with Gasteiger partial charge in [-0.1, -0.05) is 18.5 Å². The second-order valence-corrected chi connectivity index (χ2v) is 3.59. The van der Waals surface area contributed by atoms with Gasteiger partial charge in [-0.25, -0.2) is 14.8 Å². The molecule has 0 aromatic carbocycles. The Hall–Kier alpha value is -1.36. The van der Waals surface area contributed by atoms with Crippen molar-refractivity contribution in [3.8, 4) is 0 Å². The average Bonchev–Trinajstić information content (AvgIpc) is 2.28. The Balaban J connectivity index is 2.88. The summed E-state index contributed by atoms with van der Waals surface area (Å²) in [5, 5.41) is 3.34. The number of carbonyl (C=O) groups excluding carboxylic acids is 1. The molecule has 1 N–H and O–H groups in total. The number of nitrogens with zero attached hydrogens (tertiary/aromatic N) is 2. The topological polar surface area (TPSA) is 64.1 Å². The molecule has 1 aromatic heterocycles. The van der Waals surface area contributed by atoms with Crippen molar-refractivity contribution in [3.05, 3.63) is 17.0 Å². The van der Waals surface area contributed by atoms with E-state index in [0.717, 1.165) is 5.56 Å². The fourth-order valence-electron chi connectivity index (χ4n) is 1.27. The standard InChI is InChI=1S/C10H14ClN3O2/c1-4-7-8(11)12-5-13-9(7)14-6(2)10(15)16-3/h5-6H,4H2,1-3H3,(H,12,13,14). The van der Waals surface area contributed by atoms with Gasteiger partial charge in [0, 0.05) is 5.56 Å². The highest BCUT2D eigenvalue weighted by Gasteiger charge is 2.16. The number of anilines is 1. The van der Waals surface area contributed by atoms with Gasteiger partial charge in [-0.05, 0) is 13.3 Å². The molecule has 1 unspecified atom stereocenters. The number of hydrogen-bond acceptors (Lipinski definition) is 5. The van der Waals surface area contributed by atoms with Crippen LogP contribution in [0.5, 0.6) is 0 Å². The molecule has 1 rings (SSSR count). The van der Waals surface area contributed by atoms with Crippen LogP contribution < -0.4 is 5.32 Å². The molecule has 0 saturated carbocycles. The third-order valence-electron chi connectivity index (χ3n) is 2.15. The van der Waals surface area contributed by atoms with E-state index in [4.69, 9.17) is 11.6 Å². The summed E-state index contributed by atoms with van der Waals surface area (Å²) in [5.74, 6) is 0.220. The van der Waals surface area contributed by atoms with Crippen molar-refractivity contribution >= 4 is 23.4 Å². The van der Waals surface area contributed by atoms with Gasteiger partial charge in [0.25, 0.3) is 0 Å². The Bertz CT molecular complexity index is 384. The molecule has 88 valence electrons. The average molecular weight is 244 g/mol. The minimum Gasteiger partial charge on any atom is -0.467 e. The minimum absolute atomic E-state index is 0.350. The van der Waals surface area contributed by atoms with E-state index in [1.807, 2.05) is 6.92 Å². The van der Waals surface area contributed by atoms with Crippen LogP contribution in [0.2, 0.25) is 5.15 Å². The zero-order valence-corrected chi connectivity index (χ0v) is 10.2. The minimum atomic E-state index is -0.471. The largest absolute Gasteiger partial charge is 0.467 e. The zero-order valence-electron chi connectivity index (χ0n) is 9.45. The van der Waals surface area contributed by atoms with E-state index in [1.165, 1.54) is 13.4 Å². The third kappa shape index (κ3) is 2.82. The predicted octanol–water partition coefficient (Wildman–Crippen LogP) is 1.67. The van der Waals surface area contributed by atoms with Gasteiger partial charge in [0.1, 0.15) is 23.3 Å². The summed E-state index contributed by atoms with van der Waals surface area (Å²) in [4.78, 5) is 19.2. The first kappa shape index (κ1) is 12.7. The van der Waals surface area contributed by atoms with Gasteiger partial charge in [-0.3, -0.25) is 0 Å². The molecule has 0 saturated heterocycles. The van der Waals surface area contributed by atoms with Crippen LogP contribution in [0.25, 0.3) is 0 Å². The smallest absolute Gasteiger partial charge is 0.328 e. The first-order chi connectivity index (χ1) is 7.60. The van der Waals surface area contributed by atoms with E-state index in [-0.39, 0.29) is 5.97 Å². The monoisotopic (exact) mass is 243 g/mol. The molecule has 0 radical (unpaired) electrons. The third-order valence-corrected chi connectivity index (χ3v) is 2.48. The molecular weight excluding hydrogens is 230 g/mol. The zero-order chi connectivity index (χ0) is 12.1. The molecule has 1 heterocycles. The number of carbonyl (C=O) groups is 1. The first-order valence-corrected chi connectivity index (χ1v) is 5.31. The number of esters is 1.